The molecule has 1 aromatic heterocycles. The van der Waals surface area contributed by atoms with Gasteiger partial charge in [-0.3, -0.25) is 4.79 Å². The van der Waals surface area contributed by atoms with E-state index < -0.39 is 19.3 Å². The number of rotatable bonds is 4. The molecule has 12 heteroatoms. The maximum atomic E-state index is 12.8. The number of aromatic amines is 1. The van der Waals surface area contributed by atoms with Crippen molar-refractivity contribution in [3.05, 3.63) is 30.1 Å². The second-order valence-electron chi connectivity index (χ2n) is 4.86. The zero-order chi connectivity index (χ0) is 18.0. The molecule has 0 aromatic carbocycles. The molecule has 0 saturated heterocycles. The van der Waals surface area contributed by atoms with Crippen molar-refractivity contribution in [3.63, 3.8) is 0 Å². The number of H-pyrrole nitrogens is 1. The van der Waals surface area contributed by atoms with E-state index in [2.05, 4.69) is 4.98 Å². The molecule has 0 bridgehead atoms. The molecule has 1 aromatic rings. The number of nitrogens with zero attached hydrogens (tertiary/aromatic N) is 1. The van der Waals surface area contributed by atoms with E-state index >= 15 is 0 Å². The normalized spacial score (nSPS) is 18.8. The molecule has 1 amide bonds. The zero-order valence-corrected chi connectivity index (χ0v) is 13.1. The molecule has 1 heterocycles. The fraction of sp³-hybridized carbons (Fsp3) is 0.455. The predicted molar refractivity (Wildman–Crippen MR) is 70.9 cm³/mol. The first-order chi connectivity index (χ1) is 10.1. The monoisotopic (exact) mass is 388 g/mol. The Morgan fingerprint density at radius 2 is 1.65 bits per heavy atom. The number of hydrogen-bond donors (Lipinski definition) is 0. The van der Waals surface area contributed by atoms with Crippen LogP contribution in [0.25, 0.3) is 0 Å². The molecule has 0 radical (unpaired) electrons. The van der Waals surface area contributed by atoms with Crippen LogP contribution in [0.3, 0.4) is 0 Å². The smallest absolute Gasteiger partial charge is 0.273 e. The zero-order valence-electron chi connectivity index (χ0n) is 11.4. The molecule has 1 atom stereocenters. The molecule has 2 rings (SSSR count). The van der Waals surface area contributed by atoms with Crippen LogP contribution in [0.15, 0.2) is 24.5 Å². The standard InChI is InChI=1S/C11H12ClFN2O.F6P/c12-10(13)11(16)15(9-1-2-9)7-8-3-5-14-6-4-8;1-7(2,3,4,5)6/h3-6,9-10H,1-2,7H2;/q;-1/p+1. The van der Waals surface area contributed by atoms with Crippen LogP contribution in [0, 0.1) is 0 Å². The molecule has 1 N–H and O–H groups in total. The number of hydrogen-bond acceptors (Lipinski definition) is 1. The SMILES string of the molecule is F[P-](F)(F)(F)(F)F.O=C(C(F)Cl)N(Cc1cc[nH+]cc1)C1CC1. The van der Waals surface area contributed by atoms with Crippen molar-refractivity contribution >= 4 is 25.3 Å². The van der Waals surface area contributed by atoms with E-state index in [-0.39, 0.29) is 6.04 Å². The van der Waals surface area contributed by atoms with Crippen LogP contribution in [0.5, 0.6) is 0 Å². The third kappa shape index (κ3) is 11.1. The van der Waals surface area contributed by atoms with E-state index in [0.717, 1.165) is 18.4 Å². The van der Waals surface area contributed by atoms with Gasteiger partial charge in [-0.2, -0.15) is 0 Å². The Balaban J connectivity index is 0.000000322. The van der Waals surface area contributed by atoms with E-state index in [1.807, 2.05) is 12.1 Å². The van der Waals surface area contributed by atoms with Gasteiger partial charge in [-0.1, -0.05) is 11.6 Å². The van der Waals surface area contributed by atoms with Crippen molar-refractivity contribution in [2.24, 2.45) is 0 Å². The van der Waals surface area contributed by atoms with Crippen LogP contribution < -0.4 is 4.98 Å². The fourth-order valence-corrected chi connectivity index (χ4v) is 1.75. The maximum Gasteiger partial charge on any atom is 0.273 e. The summed E-state index contributed by atoms with van der Waals surface area (Å²) in [6, 6.07) is 3.89. The molecule has 3 nitrogen and oxygen atoms in total. The molecule has 1 aliphatic carbocycles. The maximum absolute atomic E-state index is 12.8. The second kappa shape index (κ2) is 6.05. The number of halogens is 8. The number of alkyl halides is 2. The van der Waals surface area contributed by atoms with Gasteiger partial charge in [-0.15, -0.1) is 0 Å². The van der Waals surface area contributed by atoms with Crippen molar-refractivity contribution < 1.29 is 39.4 Å². The Kier molecular flexibility index (Phi) is 5.23. The van der Waals surface area contributed by atoms with Crippen LogP contribution in [-0.2, 0) is 11.3 Å². The van der Waals surface area contributed by atoms with Crippen molar-refractivity contribution in [1.29, 1.82) is 0 Å². The predicted octanol–water partition coefficient (Wildman–Crippen LogP) is 4.91. The van der Waals surface area contributed by atoms with Gasteiger partial charge in [0.2, 0.25) is 0 Å². The average Bonchev–Trinajstić information content (AvgIpc) is 3.16. The number of aromatic nitrogens is 1. The summed E-state index contributed by atoms with van der Waals surface area (Å²) in [6.07, 6.45) is 5.43. The van der Waals surface area contributed by atoms with Crippen molar-refractivity contribution in [3.8, 4) is 0 Å². The largest absolute Gasteiger partial charge is 0.332 e. The third-order valence-corrected chi connectivity index (χ3v) is 2.78. The van der Waals surface area contributed by atoms with Crippen LogP contribution in [0.4, 0.5) is 29.6 Å². The minimum Gasteiger partial charge on any atom is -0.332 e. The molecular formula is C11H13ClF7N2OP. The number of pyridine rings is 1. The van der Waals surface area contributed by atoms with Gasteiger partial charge in [0.05, 0.1) is 0 Å². The molecule has 0 spiro atoms. The van der Waals surface area contributed by atoms with Crippen molar-refractivity contribution in [1.82, 2.24) is 4.90 Å². The number of carbonyl (C=O) groups is 1. The summed E-state index contributed by atoms with van der Waals surface area (Å²) >= 11 is 5.20. The van der Waals surface area contributed by atoms with Gasteiger partial charge >= 0.3 is 33.0 Å². The minimum absolute atomic E-state index is 0.161. The van der Waals surface area contributed by atoms with Crippen molar-refractivity contribution in [2.75, 3.05) is 0 Å². The second-order valence-corrected chi connectivity index (χ2v) is 7.16. The topological polar surface area (TPSA) is 34.5 Å². The molecule has 1 aliphatic rings. The van der Waals surface area contributed by atoms with Crippen LogP contribution >= 0.6 is 19.4 Å². The van der Waals surface area contributed by atoms with Crippen LogP contribution in [-0.4, -0.2) is 22.5 Å². The number of carbonyl (C=O) groups excluding carboxylic acids is 1. The quantitative estimate of drug-likeness (QED) is 0.410. The van der Waals surface area contributed by atoms with Gasteiger partial charge < -0.3 is 4.90 Å². The average molecular weight is 389 g/mol. The van der Waals surface area contributed by atoms with Gasteiger partial charge in [0.15, 0.2) is 12.4 Å². The van der Waals surface area contributed by atoms with Crippen molar-refractivity contribution in [2.45, 2.75) is 31.1 Å². The van der Waals surface area contributed by atoms with Gasteiger partial charge in [0.1, 0.15) is 0 Å². The third-order valence-electron chi connectivity index (χ3n) is 2.60. The van der Waals surface area contributed by atoms with E-state index in [1.165, 1.54) is 4.90 Å². The molecule has 1 unspecified atom stereocenters. The molecule has 1 fully saturated rings. The summed E-state index contributed by atoms with van der Waals surface area (Å²) in [5.74, 6) is -0.628. The molecular weight excluding hydrogens is 376 g/mol. The Hall–Kier alpha value is -1.15. The summed E-state index contributed by atoms with van der Waals surface area (Å²) in [6.45, 7) is 0.422. The van der Waals surface area contributed by atoms with E-state index in [1.54, 1.807) is 12.4 Å². The first kappa shape index (κ1) is 19.9. The molecule has 23 heavy (non-hydrogen) atoms. The van der Waals surface area contributed by atoms with Crippen LogP contribution in [0.2, 0.25) is 0 Å². The molecule has 134 valence electrons. The Morgan fingerprint density at radius 3 is 2.00 bits per heavy atom. The van der Waals surface area contributed by atoms with E-state index in [0.29, 0.717) is 6.54 Å². The van der Waals surface area contributed by atoms with Gasteiger partial charge in [-0.25, -0.2) is 9.37 Å². The fourth-order valence-electron chi connectivity index (χ4n) is 1.62. The Labute approximate surface area is 131 Å². The Morgan fingerprint density at radius 1 is 1.22 bits per heavy atom. The number of amides is 1. The van der Waals surface area contributed by atoms with E-state index in [4.69, 9.17) is 11.6 Å². The first-order valence-electron chi connectivity index (χ1n) is 6.23. The molecule has 1 saturated carbocycles. The summed E-state index contributed by atoms with van der Waals surface area (Å²) in [7, 11) is -10.7. The molecule has 0 aliphatic heterocycles. The van der Waals surface area contributed by atoms with Gasteiger partial charge in [0, 0.05) is 24.7 Å². The summed E-state index contributed by atoms with van der Waals surface area (Å²) in [5, 5.41) is 0. The van der Waals surface area contributed by atoms with E-state index in [9.17, 15) is 34.4 Å². The first-order valence-corrected chi connectivity index (χ1v) is 8.70. The number of nitrogens with one attached hydrogen (secondary N) is 1. The summed E-state index contributed by atoms with van der Waals surface area (Å²) in [4.78, 5) is 16.0. The van der Waals surface area contributed by atoms with Gasteiger partial charge in [0.25, 0.3) is 11.5 Å². The van der Waals surface area contributed by atoms with Gasteiger partial charge in [-0.05, 0) is 18.4 Å². The van der Waals surface area contributed by atoms with Crippen LogP contribution in [0.1, 0.15) is 18.4 Å². The summed E-state index contributed by atoms with van der Waals surface area (Å²) in [5.41, 5.74) is -0.966. The summed E-state index contributed by atoms with van der Waals surface area (Å²) < 4.78 is 72.0. The Bertz CT molecular complexity index is 536. The minimum atomic E-state index is -10.7.